The summed E-state index contributed by atoms with van der Waals surface area (Å²) in [5.41, 5.74) is 0.923. The molecule has 0 atom stereocenters. The van der Waals surface area contributed by atoms with Crippen molar-refractivity contribution in [3.63, 3.8) is 0 Å². The molecular weight excluding hydrogens is 260 g/mol. The number of sulfonamides is 1. The lowest BCUT2D eigenvalue weighted by atomic mass is 10.0. The van der Waals surface area contributed by atoms with Crippen LogP contribution in [0.1, 0.15) is 41.0 Å². The van der Waals surface area contributed by atoms with Gasteiger partial charge in [0.1, 0.15) is 0 Å². The minimum absolute atomic E-state index is 0.00340. The van der Waals surface area contributed by atoms with Gasteiger partial charge in [-0.3, -0.25) is 0 Å². The third-order valence-electron chi connectivity index (χ3n) is 2.92. The third-order valence-corrected chi connectivity index (χ3v) is 4.60. The molecule has 0 aliphatic carbocycles. The molecule has 1 aromatic rings. The lowest BCUT2D eigenvalue weighted by molar-refractivity contribution is 0.547. The summed E-state index contributed by atoms with van der Waals surface area (Å²) in [4.78, 5) is 0.293. The smallest absolute Gasteiger partial charge is 0.240 e. The van der Waals surface area contributed by atoms with Crippen LogP contribution in [-0.2, 0) is 10.0 Å². The second-order valence-electron chi connectivity index (χ2n) is 5.66. The van der Waals surface area contributed by atoms with E-state index in [1.165, 1.54) is 0 Å². The second-order valence-corrected chi connectivity index (χ2v) is 7.38. The molecule has 0 saturated heterocycles. The van der Waals surface area contributed by atoms with Crippen LogP contribution in [0, 0.1) is 0 Å². The van der Waals surface area contributed by atoms with Gasteiger partial charge in [0.05, 0.1) is 4.90 Å². The maximum Gasteiger partial charge on any atom is 0.240 e. The molecule has 19 heavy (non-hydrogen) atoms. The molecule has 1 rings (SSSR count). The van der Waals surface area contributed by atoms with E-state index in [1.54, 1.807) is 38.1 Å². The minimum Gasteiger partial charge on any atom is -0.380 e. The Hall–Kier alpha value is -1.07. The molecule has 1 aromatic carbocycles. The first-order valence-electron chi connectivity index (χ1n) is 6.57. The van der Waals surface area contributed by atoms with Gasteiger partial charge in [-0.25, -0.2) is 13.1 Å². The van der Waals surface area contributed by atoms with E-state index >= 15 is 0 Å². The predicted octanol–water partition coefficient (Wildman–Crippen LogP) is 2.97. The summed E-state index contributed by atoms with van der Waals surface area (Å²) in [6, 6.07) is 6.73. The van der Waals surface area contributed by atoms with Gasteiger partial charge in [-0.1, -0.05) is 6.92 Å². The lowest BCUT2D eigenvalue weighted by Gasteiger charge is -2.26. The number of hydrogen-bond donors (Lipinski definition) is 2. The molecule has 108 valence electrons. The standard InChI is InChI=1S/C14H24N2O2S/c1-6-14(4,5)15-12-7-9-13(10-8-12)19(17,18)16-11(2)3/h7-11,15-16H,6H2,1-5H3. The van der Waals surface area contributed by atoms with Crippen LogP contribution in [0.5, 0.6) is 0 Å². The Morgan fingerprint density at radius 1 is 1.16 bits per heavy atom. The normalized spacial score (nSPS) is 12.7. The largest absolute Gasteiger partial charge is 0.380 e. The first-order chi connectivity index (χ1) is 8.66. The molecule has 0 amide bonds. The van der Waals surface area contributed by atoms with E-state index in [9.17, 15) is 8.42 Å². The third kappa shape index (κ3) is 4.84. The summed E-state index contributed by atoms with van der Waals surface area (Å²) in [5.74, 6) is 0. The van der Waals surface area contributed by atoms with Crippen LogP contribution in [0.15, 0.2) is 29.2 Å². The number of nitrogens with one attached hydrogen (secondary N) is 2. The predicted molar refractivity (Wildman–Crippen MR) is 79.9 cm³/mol. The van der Waals surface area contributed by atoms with Gasteiger partial charge < -0.3 is 5.32 Å². The molecule has 0 unspecified atom stereocenters. The van der Waals surface area contributed by atoms with Crippen molar-refractivity contribution in [3.8, 4) is 0 Å². The number of benzene rings is 1. The van der Waals surface area contributed by atoms with E-state index in [4.69, 9.17) is 0 Å². The zero-order chi connectivity index (χ0) is 14.7. The molecule has 0 bridgehead atoms. The van der Waals surface area contributed by atoms with Crippen LogP contribution < -0.4 is 10.0 Å². The molecule has 5 heteroatoms. The first-order valence-corrected chi connectivity index (χ1v) is 8.05. The average Bonchev–Trinajstić information content (AvgIpc) is 2.27. The van der Waals surface area contributed by atoms with Gasteiger partial charge >= 0.3 is 0 Å². The van der Waals surface area contributed by atoms with Crippen LogP contribution >= 0.6 is 0 Å². The quantitative estimate of drug-likeness (QED) is 0.844. The van der Waals surface area contributed by atoms with Crippen molar-refractivity contribution in [1.29, 1.82) is 0 Å². The Balaban J connectivity index is 2.88. The summed E-state index contributed by atoms with van der Waals surface area (Å²) in [6.07, 6.45) is 0.988. The maximum absolute atomic E-state index is 12.0. The monoisotopic (exact) mass is 284 g/mol. The lowest BCUT2D eigenvalue weighted by Crippen LogP contribution is -2.30. The summed E-state index contributed by atoms with van der Waals surface area (Å²) in [5, 5.41) is 3.37. The SMILES string of the molecule is CCC(C)(C)Nc1ccc(S(=O)(=O)NC(C)C)cc1. The van der Waals surface area contributed by atoms with Gasteiger partial charge in [-0.05, 0) is 58.4 Å². The Morgan fingerprint density at radius 3 is 2.11 bits per heavy atom. The summed E-state index contributed by atoms with van der Waals surface area (Å²) < 4.78 is 26.5. The Bertz CT molecular complexity index is 505. The highest BCUT2D eigenvalue weighted by Gasteiger charge is 2.17. The van der Waals surface area contributed by atoms with E-state index in [0.29, 0.717) is 4.90 Å². The van der Waals surface area contributed by atoms with Crippen LogP contribution in [0.2, 0.25) is 0 Å². The molecule has 0 spiro atoms. The van der Waals surface area contributed by atoms with Crippen LogP contribution in [0.4, 0.5) is 5.69 Å². The molecule has 0 aromatic heterocycles. The van der Waals surface area contributed by atoms with Gasteiger partial charge in [0, 0.05) is 17.3 Å². The maximum atomic E-state index is 12.0. The van der Waals surface area contributed by atoms with Crippen molar-refractivity contribution in [2.45, 2.75) is 57.5 Å². The van der Waals surface area contributed by atoms with Crippen molar-refractivity contribution < 1.29 is 8.42 Å². The van der Waals surface area contributed by atoms with Gasteiger partial charge in [-0.2, -0.15) is 0 Å². The molecule has 4 nitrogen and oxygen atoms in total. The van der Waals surface area contributed by atoms with E-state index < -0.39 is 10.0 Å². The van der Waals surface area contributed by atoms with Gasteiger partial charge in [0.2, 0.25) is 10.0 Å². The van der Waals surface area contributed by atoms with Gasteiger partial charge in [-0.15, -0.1) is 0 Å². The van der Waals surface area contributed by atoms with E-state index in [1.807, 2.05) is 0 Å². The second kappa shape index (κ2) is 5.92. The van der Waals surface area contributed by atoms with E-state index in [0.717, 1.165) is 12.1 Å². The van der Waals surface area contributed by atoms with Crippen LogP contribution in [0.25, 0.3) is 0 Å². The first kappa shape index (κ1) is 16.0. The summed E-state index contributed by atoms with van der Waals surface area (Å²) in [6.45, 7) is 9.93. The fourth-order valence-electron chi connectivity index (χ4n) is 1.57. The van der Waals surface area contributed by atoms with Crippen molar-refractivity contribution in [1.82, 2.24) is 4.72 Å². The molecule has 0 radical (unpaired) electrons. The van der Waals surface area contributed by atoms with Gasteiger partial charge in [0.15, 0.2) is 0 Å². The van der Waals surface area contributed by atoms with Crippen molar-refractivity contribution in [2.75, 3.05) is 5.32 Å². The van der Waals surface area contributed by atoms with E-state index in [2.05, 4.69) is 30.8 Å². The Labute approximate surface area is 116 Å². The minimum atomic E-state index is -3.40. The fraction of sp³-hybridized carbons (Fsp3) is 0.571. The molecule has 0 aliphatic heterocycles. The molecule has 0 fully saturated rings. The van der Waals surface area contributed by atoms with Crippen molar-refractivity contribution in [2.24, 2.45) is 0 Å². The highest BCUT2D eigenvalue weighted by molar-refractivity contribution is 7.89. The number of anilines is 1. The van der Waals surface area contributed by atoms with Gasteiger partial charge in [0.25, 0.3) is 0 Å². The molecule has 2 N–H and O–H groups in total. The zero-order valence-corrected chi connectivity index (χ0v) is 13.1. The highest BCUT2D eigenvalue weighted by Crippen LogP contribution is 2.20. The van der Waals surface area contributed by atoms with Crippen LogP contribution in [0.3, 0.4) is 0 Å². The molecule has 0 heterocycles. The number of hydrogen-bond acceptors (Lipinski definition) is 3. The van der Waals surface area contributed by atoms with Crippen molar-refractivity contribution >= 4 is 15.7 Å². The van der Waals surface area contributed by atoms with Crippen molar-refractivity contribution in [3.05, 3.63) is 24.3 Å². The summed E-state index contributed by atoms with van der Waals surface area (Å²) >= 11 is 0. The molecule has 0 saturated carbocycles. The summed E-state index contributed by atoms with van der Waals surface area (Å²) in [7, 11) is -3.40. The number of rotatable bonds is 6. The highest BCUT2D eigenvalue weighted by atomic mass is 32.2. The van der Waals surface area contributed by atoms with Crippen LogP contribution in [-0.4, -0.2) is 20.0 Å². The molecular formula is C14H24N2O2S. The fourth-order valence-corrected chi connectivity index (χ4v) is 2.83. The van der Waals surface area contributed by atoms with E-state index in [-0.39, 0.29) is 11.6 Å². The average molecular weight is 284 g/mol. The zero-order valence-electron chi connectivity index (χ0n) is 12.3. The Morgan fingerprint density at radius 2 is 1.68 bits per heavy atom. The topological polar surface area (TPSA) is 58.2 Å². The molecule has 0 aliphatic rings. The Kier molecular flexibility index (Phi) is 4.98.